The van der Waals surface area contributed by atoms with E-state index in [2.05, 4.69) is 43.5 Å². The summed E-state index contributed by atoms with van der Waals surface area (Å²) in [5.74, 6) is -2.69. The lowest BCUT2D eigenvalue weighted by molar-refractivity contribution is -0.139. The number of halogens is 1. The minimum Gasteiger partial charge on any atom is -0.480 e. The van der Waals surface area contributed by atoms with Gasteiger partial charge < -0.3 is 26.2 Å². The molecule has 10 nitrogen and oxygen atoms in total. The van der Waals surface area contributed by atoms with Crippen LogP contribution >= 0.6 is 22.6 Å². The first-order chi connectivity index (χ1) is 15.8. The van der Waals surface area contributed by atoms with Crippen LogP contribution in [0.15, 0.2) is 48.8 Å². The molecule has 0 unspecified atom stereocenters. The molecular weight excluding hydrogens is 543 g/mol. The van der Waals surface area contributed by atoms with E-state index in [1.165, 1.54) is 6.20 Å². The van der Waals surface area contributed by atoms with Crippen molar-refractivity contribution < 1.29 is 29.4 Å². The summed E-state index contributed by atoms with van der Waals surface area (Å²) in [5.41, 5.74) is 1.16. The van der Waals surface area contributed by atoms with Gasteiger partial charge in [0.15, 0.2) is 0 Å². The molecule has 1 heterocycles. The van der Waals surface area contributed by atoms with Crippen LogP contribution in [0.25, 0.3) is 0 Å². The molecule has 1 aromatic carbocycles. The second-order valence-corrected chi connectivity index (χ2v) is 8.47. The topological polar surface area (TPSA) is 158 Å². The van der Waals surface area contributed by atoms with Gasteiger partial charge in [-0.2, -0.15) is 0 Å². The van der Waals surface area contributed by atoms with Gasteiger partial charge in [-0.05, 0) is 77.7 Å². The number of carbonyl (C=O) groups is 4. The second kappa shape index (κ2) is 13.4. The Morgan fingerprint density at radius 2 is 1.61 bits per heavy atom. The summed E-state index contributed by atoms with van der Waals surface area (Å²) in [6.07, 6.45) is 4.12. The van der Waals surface area contributed by atoms with Gasteiger partial charge in [0.2, 0.25) is 0 Å². The van der Waals surface area contributed by atoms with Crippen molar-refractivity contribution in [2.45, 2.75) is 37.8 Å². The monoisotopic (exact) mass is 568 g/mol. The molecular formula is C22H25IN4O6. The maximum Gasteiger partial charge on any atom is 0.326 e. The van der Waals surface area contributed by atoms with Crippen LogP contribution in [0.1, 0.15) is 35.2 Å². The number of carboxylic acid groups (broad SMARTS) is 2. The Balaban J connectivity index is 1.76. The van der Waals surface area contributed by atoms with Crippen molar-refractivity contribution >= 4 is 46.5 Å². The highest BCUT2D eigenvalue weighted by Crippen LogP contribution is 2.07. The third kappa shape index (κ3) is 9.43. The number of nitrogens with one attached hydrogen (secondary N) is 3. The first-order valence-corrected chi connectivity index (χ1v) is 11.3. The Kier molecular flexibility index (Phi) is 10.5. The molecule has 2 rings (SSSR count). The Bertz CT molecular complexity index is 955. The Morgan fingerprint density at radius 1 is 0.939 bits per heavy atom. The van der Waals surface area contributed by atoms with E-state index in [-0.39, 0.29) is 18.7 Å². The molecule has 0 aliphatic carbocycles. The van der Waals surface area contributed by atoms with Crippen LogP contribution in [0.4, 0.5) is 4.79 Å². The lowest BCUT2D eigenvalue weighted by Crippen LogP contribution is -2.51. The molecule has 2 aromatic rings. The van der Waals surface area contributed by atoms with Crippen molar-refractivity contribution in [1.29, 1.82) is 0 Å². The fourth-order valence-corrected chi connectivity index (χ4v) is 3.31. The fraction of sp³-hybridized carbons (Fsp3) is 0.318. The molecule has 0 bridgehead atoms. The summed E-state index contributed by atoms with van der Waals surface area (Å²) < 4.78 is 1.02. The van der Waals surface area contributed by atoms with Gasteiger partial charge in [-0.15, -0.1) is 0 Å². The summed E-state index contributed by atoms with van der Waals surface area (Å²) in [6.45, 7) is 0.357. The van der Waals surface area contributed by atoms with E-state index in [4.69, 9.17) is 0 Å². The maximum atomic E-state index is 12.2. The minimum atomic E-state index is -1.25. The fourth-order valence-electron chi connectivity index (χ4n) is 2.95. The zero-order valence-corrected chi connectivity index (χ0v) is 19.8. The normalized spacial score (nSPS) is 12.3. The molecule has 176 valence electrons. The number of hydrogen-bond acceptors (Lipinski definition) is 5. The molecule has 0 aliphatic rings. The highest BCUT2D eigenvalue weighted by Gasteiger charge is 2.24. The van der Waals surface area contributed by atoms with Crippen molar-refractivity contribution in [3.63, 3.8) is 0 Å². The predicted octanol–water partition coefficient (Wildman–Crippen LogP) is 2.03. The zero-order chi connectivity index (χ0) is 24.2. The van der Waals surface area contributed by atoms with Crippen LogP contribution < -0.4 is 16.0 Å². The summed E-state index contributed by atoms with van der Waals surface area (Å²) in [5, 5.41) is 26.1. The lowest BCUT2D eigenvalue weighted by Gasteiger charge is -2.18. The van der Waals surface area contributed by atoms with E-state index in [0.717, 1.165) is 3.57 Å². The number of carbonyl (C=O) groups excluding carboxylic acids is 2. The third-order valence-corrected chi connectivity index (χ3v) is 5.40. The number of pyridine rings is 1. The summed E-state index contributed by atoms with van der Waals surface area (Å²) in [4.78, 5) is 51.1. The van der Waals surface area contributed by atoms with E-state index < -0.39 is 30.1 Å². The molecule has 11 heteroatoms. The predicted molar refractivity (Wildman–Crippen MR) is 128 cm³/mol. The van der Waals surface area contributed by atoms with Gasteiger partial charge in [0.1, 0.15) is 12.1 Å². The van der Waals surface area contributed by atoms with E-state index in [1.54, 1.807) is 30.5 Å². The highest BCUT2D eigenvalue weighted by molar-refractivity contribution is 14.1. The Morgan fingerprint density at radius 3 is 2.21 bits per heavy atom. The number of amides is 3. The number of rotatable bonds is 12. The largest absolute Gasteiger partial charge is 0.480 e. The molecule has 2 atom stereocenters. The average molecular weight is 568 g/mol. The highest BCUT2D eigenvalue weighted by atomic mass is 127. The third-order valence-electron chi connectivity index (χ3n) is 4.68. The average Bonchev–Trinajstić information content (AvgIpc) is 2.78. The molecule has 0 radical (unpaired) electrons. The van der Waals surface area contributed by atoms with Crippen LogP contribution in [0.2, 0.25) is 0 Å². The summed E-state index contributed by atoms with van der Waals surface area (Å²) in [6, 6.07) is 7.12. The first kappa shape index (κ1) is 26.0. The van der Waals surface area contributed by atoms with E-state index in [1.807, 2.05) is 12.1 Å². The summed E-state index contributed by atoms with van der Waals surface area (Å²) in [7, 11) is 0. The first-order valence-electron chi connectivity index (χ1n) is 10.2. The molecule has 3 amide bonds. The number of nitrogens with zero attached hydrogens (tertiary/aromatic N) is 1. The maximum absolute atomic E-state index is 12.2. The quantitative estimate of drug-likeness (QED) is 0.194. The SMILES string of the molecule is O=C(N[C@@H](CCCCNC(=O)c1ccc(I)cc1)C(=O)O)N[C@@H](Cc1cccnc1)C(=O)O. The summed E-state index contributed by atoms with van der Waals surface area (Å²) >= 11 is 2.15. The standard InChI is InChI=1S/C22H25IN4O6/c23-16-8-6-15(7-9-16)19(28)25-11-2-1-5-17(20(29)30)26-22(33)27-18(21(31)32)12-14-4-3-10-24-13-14/h3-4,6-10,13,17-18H,1-2,5,11-12H2,(H,25,28)(H,29,30)(H,31,32)(H2,26,27,33)/t17-,18-/m0/s1. The van der Waals surface area contributed by atoms with Gasteiger partial charge in [-0.25, -0.2) is 14.4 Å². The number of benzene rings is 1. The van der Waals surface area contributed by atoms with Crippen molar-refractivity contribution in [2.75, 3.05) is 6.54 Å². The van der Waals surface area contributed by atoms with Crippen LogP contribution in [0.3, 0.4) is 0 Å². The van der Waals surface area contributed by atoms with Crippen LogP contribution in [-0.2, 0) is 16.0 Å². The smallest absolute Gasteiger partial charge is 0.326 e. The van der Waals surface area contributed by atoms with Crippen molar-refractivity contribution in [3.8, 4) is 0 Å². The Labute approximate surface area is 204 Å². The number of urea groups is 1. The van der Waals surface area contributed by atoms with Gasteiger partial charge in [0, 0.05) is 34.5 Å². The van der Waals surface area contributed by atoms with Gasteiger partial charge in [-0.1, -0.05) is 6.07 Å². The lowest BCUT2D eigenvalue weighted by atomic mass is 10.1. The molecule has 0 fully saturated rings. The molecule has 5 N–H and O–H groups in total. The number of unbranched alkanes of at least 4 members (excludes halogenated alkanes) is 1. The second-order valence-electron chi connectivity index (χ2n) is 7.22. The van der Waals surface area contributed by atoms with Gasteiger partial charge >= 0.3 is 18.0 Å². The number of carboxylic acids is 2. The van der Waals surface area contributed by atoms with Crippen LogP contribution in [0.5, 0.6) is 0 Å². The van der Waals surface area contributed by atoms with E-state index in [9.17, 15) is 29.4 Å². The van der Waals surface area contributed by atoms with Gasteiger partial charge in [0.25, 0.3) is 5.91 Å². The molecule has 0 saturated carbocycles. The zero-order valence-electron chi connectivity index (χ0n) is 17.7. The molecule has 0 aliphatic heterocycles. The van der Waals surface area contributed by atoms with Crippen LogP contribution in [-0.4, -0.2) is 57.7 Å². The van der Waals surface area contributed by atoms with E-state index in [0.29, 0.717) is 30.5 Å². The molecule has 1 aromatic heterocycles. The number of aliphatic carboxylic acids is 2. The van der Waals surface area contributed by atoms with E-state index >= 15 is 0 Å². The van der Waals surface area contributed by atoms with Crippen LogP contribution in [0, 0.1) is 3.57 Å². The van der Waals surface area contributed by atoms with Gasteiger partial charge in [0.05, 0.1) is 0 Å². The number of aromatic nitrogens is 1. The van der Waals surface area contributed by atoms with Crippen molar-refractivity contribution in [3.05, 3.63) is 63.5 Å². The van der Waals surface area contributed by atoms with Crippen molar-refractivity contribution in [1.82, 2.24) is 20.9 Å². The molecule has 33 heavy (non-hydrogen) atoms. The number of hydrogen-bond donors (Lipinski definition) is 5. The van der Waals surface area contributed by atoms with Gasteiger partial charge in [-0.3, -0.25) is 9.78 Å². The van der Waals surface area contributed by atoms with Crippen molar-refractivity contribution in [2.24, 2.45) is 0 Å². The molecule has 0 spiro atoms. The molecule has 0 saturated heterocycles. The Hall–Kier alpha value is -3.22. The minimum absolute atomic E-state index is 0.00853.